The third kappa shape index (κ3) is 3.41. The quantitative estimate of drug-likeness (QED) is 0.889. The minimum atomic E-state index is -0.0504. The van der Waals surface area contributed by atoms with Crippen LogP contribution in [0, 0.1) is 6.92 Å². The van der Waals surface area contributed by atoms with Gasteiger partial charge in [0.15, 0.2) is 0 Å². The lowest BCUT2D eigenvalue weighted by Crippen LogP contribution is -2.37. The van der Waals surface area contributed by atoms with E-state index in [9.17, 15) is 4.79 Å². The van der Waals surface area contributed by atoms with Crippen LogP contribution in [0.3, 0.4) is 0 Å². The molecule has 0 spiro atoms. The van der Waals surface area contributed by atoms with E-state index in [0.29, 0.717) is 12.1 Å². The number of thioether (sulfide) groups is 1. The zero-order chi connectivity index (χ0) is 13.9. The van der Waals surface area contributed by atoms with Crippen molar-refractivity contribution in [3.63, 3.8) is 0 Å². The molecule has 1 aromatic rings. The molecular weight excluding hydrogens is 258 g/mol. The van der Waals surface area contributed by atoms with E-state index in [4.69, 9.17) is 0 Å². The number of nitrogens with zero attached hydrogens (tertiary/aromatic N) is 1. The Labute approximate surface area is 118 Å². The first-order valence-electron chi connectivity index (χ1n) is 6.61. The van der Waals surface area contributed by atoms with Gasteiger partial charge in [-0.3, -0.25) is 9.78 Å². The molecule has 1 amide bonds. The molecule has 0 aromatic carbocycles. The standard InChI is InChI=1S/C14H21N3OS/c1-10-7-12(15-3)11(8-16-10)13(18)17-9-14(2)5-4-6-19-14/h7-8H,4-6,9H2,1-3H3,(H,15,16)(H,17,18). The highest BCUT2D eigenvalue weighted by molar-refractivity contribution is 8.00. The summed E-state index contributed by atoms with van der Waals surface area (Å²) in [4.78, 5) is 16.4. The van der Waals surface area contributed by atoms with E-state index in [1.807, 2.05) is 31.8 Å². The van der Waals surface area contributed by atoms with Gasteiger partial charge in [-0.1, -0.05) is 0 Å². The number of amides is 1. The molecule has 1 aromatic heterocycles. The van der Waals surface area contributed by atoms with E-state index < -0.39 is 0 Å². The molecule has 104 valence electrons. The predicted molar refractivity (Wildman–Crippen MR) is 81.0 cm³/mol. The molecule has 1 aliphatic heterocycles. The Morgan fingerprint density at radius 3 is 3.00 bits per heavy atom. The molecule has 1 unspecified atom stereocenters. The van der Waals surface area contributed by atoms with Gasteiger partial charge in [0.1, 0.15) is 0 Å². The van der Waals surface area contributed by atoms with Crippen LogP contribution in [0.1, 0.15) is 35.8 Å². The van der Waals surface area contributed by atoms with Gasteiger partial charge >= 0.3 is 0 Å². The summed E-state index contributed by atoms with van der Waals surface area (Å²) in [5.74, 6) is 1.14. The topological polar surface area (TPSA) is 54.0 Å². The van der Waals surface area contributed by atoms with Gasteiger partial charge in [0.25, 0.3) is 5.91 Å². The van der Waals surface area contributed by atoms with Crippen molar-refractivity contribution < 1.29 is 4.79 Å². The third-order valence-corrected chi connectivity index (χ3v) is 5.02. The van der Waals surface area contributed by atoms with Crippen molar-refractivity contribution in [2.45, 2.75) is 31.4 Å². The Hall–Kier alpha value is -1.23. The number of hydrogen-bond donors (Lipinski definition) is 2. The van der Waals surface area contributed by atoms with Crippen LogP contribution in [0.15, 0.2) is 12.3 Å². The van der Waals surface area contributed by atoms with Crippen molar-refractivity contribution in [3.8, 4) is 0 Å². The number of pyridine rings is 1. The molecule has 5 heteroatoms. The normalized spacial score (nSPS) is 22.3. The van der Waals surface area contributed by atoms with E-state index in [0.717, 1.165) is 11.4 Å². The Morgan fingerprint density at radius 2 is 2.37 bits per heavy atom. The molecule has 0 saturated carbocycles. The van der Waals surface area contributed by atoms with Crippen LogP contribution in [-0.4, -0.2) is 35.0 Å². The van der Waals surface area contributed by atoms with E-state index in [1.165, 1.54) is 18.6 Å². The Bertz CT molecular complexity index is 470. The molecule has 1 aliphatic rings. The van der Waals surface area contributed by atoms with Crippen LogP contribution in [0.4, 0.5) is 5.69 Å². The summed E-state index contributed by atoms with van der Waals surface area (Å²) >= 11 is 1.95. The molecule has 2 N–H and O–H groups in total. The maximum Gasteiger partial charge on any atom is 0.255 e. The summed E-state index contributed by atoms with van der Waals surface area (Å²) in [5.41, 5.74) is 2.34. The summed E-state index contributed by atoms with van der Waals surface area (Å²) in [6, 6.07) is 1.89. The summed E-state index contributed by atoms with van der Waals surface area (Å²) < 4.78 is 0.188. The van der Waals surface area contributed by atoms with Crippen molar-refractivity contribution in [2.24, 2.45) is 0 Å². The average Bonchev–Trinajstić information content (AvgIpc) is 2.83. The van der Waals surface area contributed by atoms with Crippen molar-refractivity contribution >= 4 is 23.4 Å². The van der Waals surface area contributed by atoms with E-state index in [-0.39, 0.29) is 10.7 Å². The summed E-state index contributed by atoms with van der Waals surface area (Å²) in [6.07, 6.45) is 4.05. The van der Waals surface area contributed by atoms with Crippen molar-refractivity contribution in [1.82, 2.24) is 10.3 Å². The molecule has 0 bridgehead atoms. The first kappa shape index (κ1) is 14.2. The van der Waals surface area contributed by atoms with Crippen LogP contribution in [0.2, 0.25) is 0 Å². The smallest absolute Gasteiger partial charge is 0.255 e. The molecule has 1 atom stereocenters. The number of anilines is 1. The fraction of sp³-hybridized carbons (Fsp3) is 0.571. The molecule has 2 rings (SSSR count). The molecule has 4 nitrogen and oxygen atoms in total. The van der Waals surface area contributed by atoms with Gasteiger partial charge in [0, 0.05) is 30.2 Å². The van der Waals surface area contributed by atoms with Gasteiger partial charge in [-0.2, -0.15) is 11.8 Å². The number of hydrogen-bond acceptors (Lipinski definition) is 4. The lowest BCUT2D eigenvalue weighted by atomic mass is 10.1. The van der Waals surface area contributed by atoms with E-state index in [1.54, 1.807) is 6.20 Å². The fourth-order valence-electron chi connectivity index (χ4n) is 2.29. The maximum atomic E-state index is 12.2. The highest BCUT2D eigenvalue weighted by Gasteiger charge is 2.30. The average molecular weight is 279 g/mol. The molecule has 1 fully saturated rings. The van der Waals surface area contributed by atoms with Gasteiger partial charge in [0.2, 0.25) is 0 Å². The van der Waals surface area contributed by atoms with Crippen molar-refractivity contribution in [1.29, 1.82) is 0 Å². The van der Waals surface area contributed by atoms with Crippen LogP contribution >= 0.6 is 11.8 Å². The molecule has 0 aliphatic carbocycles. The Kier molecular flexibility index (Phi) is 4.34. The molecule has 19 heavy (non-hydrogen) atoms. The summed E-state index contributed by atoms with van der Waals surface area (Å²) in [6.45, 7) is 4.85. The van der Waals surface area contributed by atoms with E-state index in [2.05, 4.69) is 22.5 Å². The minimum absolute atomic E-state index is 0.0504. The third-order valence-electron chi connectivity index (χ3n) is 3.48. The van der Waals surface area contributed by atoms with Gasteiger partial charge < -0.3 is 10.6 Å². The summed E-state index contributed by atoms with van der Waals surface area (Å²) in [7, 11) is 1.82. The van der Waals surface area contributed by atoms with Crippen LogP contribution in [0.5, 0.6) is 0 Å². The first-order chi connectivity index (χ1) is 9.04. The maximum absolute atomic E-state index is 12.2. The Morgan fingerprint density at radius 1 is 1.58 bits per heavy atom. The number of nitrogens with one attached hydrogen (secondary N) is 2. The van der Waals surface area contributed by atoms with Crippen LogP contribution < -0.4 is 10.6 Å². The van der Waals surface area contributed by atoms with Gasteiger partial charge in [-0.05, 0) is 38.5 Å². The molecular formula is C14H21N3OS. The van der Waals surface area contributed by atoms with Crippen molar-refractivity contribution in [3.05, 3.63) is 23.5 Å². The number of carbonyl (C=O) groups excluding carboxylic acids is 1. The van der Waals surface area contributed by atoms with Crippen LogP contribution in [0.25, 0.3) is 0 Å². The fourth-order valence-corrected chi connectivity index (χ4v) is 3.53. The Balaban J connectivity index is 2.03. The second kappa shape index (κ2) is 5.82. The largest absolute Gasteiger partial charge is 0.387 e. The lowest BCUT2D eigenvalue weighted by molar-refractivity contribution is 0.0950. The second-order valence-corrected chi connectivity index (χ2v) is 6.89. The predicted octanol–water partition coefficient (Wildman–Crippen LogP) is 2.45. The van der Waals surface area contributed by atoms with Gasteiger partial charge in [-0.15, -0.1) is 0 Å². The summed E-state index contributed by atoms with van der Waals surface area (Å²) in [5, 5.41) is 6.08. The monoisotopic (exact) mass is 279 g/mol. The number of carbonyl (C=O) groups is 1. The van der Waals surface area contributed by atoms with Gasteiger partial charge in [-0.25, -0.2) is 0 Å². The first-order valence-corrected chi connectivity index (χ1v) is 7.59. The minimum Gasteiger partial charge on any atom is -0.387 e. The second-order valence-electron chi connectivity index (χ2n) is 5.21. The highest BCUT2D eigenvalue weighted by atomic mass is 32.2. The molecule has 0 radical (unpaired) electrons. The number of rotatable bonds is 4. The SMILES string of the molecule is CNc1cc(C)ncc1C(=O)NCC1(C)CCCS1. The van der Waals surface area contributed by atoms with Gasteiger partial charge in [0.05, 0.1) is 11.3 Å². The van der Waals surface area contributed by atoms with Crippen LogP contribution in [-0.2, 0) is 0 Å². The van der Waals surface area contributed by atoms with E-state index >= 15 is 0 Å². The van der Waals surface area contributed by atoms with Crippen molar-refractivity contribution in [2.75, 3.05) is 24.7 Å². The molecule has 2 heterocycles. The lowest BCUT2D eigenvalue weighted by Gasteiger charge is -2.23. The highest BCUT2D eigenvalue weighted by Crippen LogP contribution is 2.37. The molecule has 1 saturated heterocycles. The zero-order valence-electron chi connectivity index (χ0n) is 11.7. The number of aryl methyl sites for hydroxylation is 1. The zero-order valence-corrected chi connectivity index (χ0v) is 12.6. The number of aromatic nitrogens is 1.